The first kappa shape index (κ1) is 38.0. The molecule has 0 aromatic carbocycles. The number of hydrogen-bond donors (Lipinski definition) is 0. The van der Waals surface area contributed by atoms with Gasteiger partial charge in [0.2, 0.25) is 0 Å². The average Bonchev–Trinajstić information content (AvgIpc) is 0. The fraction of sp³-hybridized carbons (Fsp3) is 0. The Kier molecular flexibility index (Phi) is 192. The van der Waals surface area contributed by atoms with Crippen LogP contribution in [-0.4, -0.2) is 11.0 Å². The van der Waals surface area contributed by atoms with Gasteiger partial charge in [-0.3, -0.25) is 0 Å². The molecule has 5 radical (unpaired) electrons. The molecule has 0 aromatic heterocycles. The molecule has 0 aliphatic carbocycles. The molecule has 0 fully saturated rings. The van der Waals surface area contributed by atoms with E-state index in [4.69, 9.17) is 0 Å². The van der Waals surface area contributed by atoms with E-state index in [1.165, 1.54) is 0 Å². The summed E-state index contributed by atoms with van der Waals surface area (Å²) in [5.41, 5.74) is 0. The molecule has 0 unspecified atom stereocenters. The maximum Gasteiger partial charge on any atom is 0 e. The summed E-state index contributed by atoms with van der Waals surface area (Å²) in [5.74, 6) is 0. The van der Waals surface area contributed by atoms with Crippen LogP contribution in [0.5, 0.6) is 0 Å². The van der Waals surface area contributed by atoms with Crippen LogP contribution in [0.3, 0.4) is 0 Å². The zero-order valence-electron chi connectivity index (χ0n) is 1.73. The summed E-state index contributed by atoms with van der Waals surface area (Å²) in [6.07, 6.45) is 0. The summed E-state index contributed by atoms with van der Waals surface area (Å²) in [7, 11) is 0. The molecular weight excluding hydrogens is 187 g/mol. The normalized spacial score (nSPS) is 0. The van der Waals surface area contributed by atoms with E-state index < -0.39 is 0 Å². The molecule has 0 spiro atoms. The molecule has 23 valence electrons. The standard InChI is InChI=1S/Fe.Mn.Si.Ti. The Balaban J connectivity index is 0. The molecule has 0 aliphatic rings. The molecule has 0 aromatic rings. The fourth-order valence-corrected chi connectivity index (χ4v) is 0. The smallest absolute Gasteiger partial charge is 0 e. The maximum absolute atomic E-state index is 0. The van der Waals surface area contributed by atoms with Gasteiger partial charge in [-0.2, -0.15) is 0 Å². The minimum atomic E-state index is 0. The van der Waals surface area contributed by atoms with Gasteiger partial charge in [0, 0.05) is 66.8 Å². The second-order valence-electron chi connectivity index (χ2n) is 0. The molecule has 0 amide bonds. The van der Waals surface area contributed by atoms with Crippen LogP contribution in [0, 0.1) is 0 Å². The van der Waals surface area contributed by atoms with Crippen LogP contribution in [0.4, 0.5) is 0 Å². The molecular formula is FeMnSiTi. The summed E-state index contributed by atoms with van der Waals surface area (Å²) in [6, 6.07) is 0. The van der Waals surface area contributed by atoms with Gasteiger partial charge in [-0.15, -0.1) is 0 Å². The Morgan fingerprint density at radius 3 is 1.00 bits per heavy atom. The zero-order valence-corrected chi connectivity index (χ0v) is 6.58. The molecule has 0 atom stereocenters. The van der Waals surface area contributed by atoms with Crippen molar-refractivity contribution in [2.75, 3.05) is 0 Å². The van der Waals surface area contributed by atoms with Gasteiger partial charge in [0.05, 0.1) is 0 Å². The van der Waals surface area contributed by atoms with Gasteiger partial charge in [-0.05, 0) is 0 Å². The van der Waals surface area contributed by atoms with Gasteiger partial charge in [0.15, 0.2) is 0 Å². The van der Waals surface area contributed by atoms with Crippen LogP contribution in [0.25, 0.3) is 0 Å². The first-order chi connectivity index (χ1) is 0. The molecule has 0 N–H and O–H groups in total. The molecule has 4 heavy (non-hydrogen) atoms. The Morgan fingerprint density at radius 2 is 1.00 bits per heavy atom. The van der Waals surface area contributed by atoms with Gasteiger partial charge in [-0.25, -0.2) is 0 Å². The topological polar surface area (TPSA) is 0 Å². The SMILES string of the molecule is [Fe].[Mn].[Si].[Ti]. The fourth-order valence-electron chi connectivity index (χ4n) is 0. The van der Waals surface area contributed by atoms with E-state index in [0.29, 0.717) is 0 Å². The summed E-state index contributed by atoms with van der Waals surface area (Å²) in [5, 5.41) is 0. The number of hydrogen-bond acceptors (Lipinski definition) is 0. The van der Waals surface area contributed by atoms with Crippen molar-refractivity contribution in [3.05, 3.63) is 0 Å². The Labute approximate surface area is 66.3 Å². The second kappa shape index (κ2) is 20.2. The van der Waals surface area contributed by atoms with Crippen LogP contribution < -0.4 is 0 Å². The van der Waals surface area contributed by atoms with Crippen molar-refractivity contribution in [2.45, 2.75) is 0 Å². The van der Waals surface area contributed by atoms with E-state index in [2.05, 4.69) is 0 Å². The first-order valence-corrected chi connectivity index (χ1v) is 0. The van der Waals surface area contributed by atoms with Crippen LogP contribution in [0.2, 0.25) is 0 Å². The Hall–Kier alpha value is 1.97. The molecule has 0 nitrogen and oxygen atoms in total. The van der Waals surface area contributed by atoms with Gasteiger partial charge >= 0.3 is 0 Å². The predicted octanol–water partition coefficient (Wildman–Crippen LogP) is -0.388. The minimum absolute atomic E-state index is 0. The van der Waals surface area contributed by atoms with Crippen LogP contribution >= 0.6 is 0 Å². The quantitative estimate of drug-likeness (QED) is 0.453. The summed E-state index contributed by atoms with van der Waals surface area (Å²) < 4.78 is 0. The van der Waals surface area contributed by atoms with E-state index in [-0.39, 0.29) is 66.8 Å². The van der Waals surface area contributed by atoms with E-state index in [9.17, 15) is 0 Å². The van der Waals surface area contributed by atoms with Crippen LogP contribution in [0.15, 0.2) is 0 Å². The van der Waals surface area contributed by atoms with Gasteiger partial charge in [-0.1, -0.05) is 0 Å². The third-order valence-electron chi connectivity index (χ3n) is 0. The van der Waals surface area contributed by atoms with Crippen molar-refractivity contribution in [3.8, 4) is 0 Å². The van der Waals surface area contributed by atoms with E-state index >= 15 is 0 Å². The van der Waals surface area contributed by atoms with Gasteiger partial charge in [0.1, 0.15) is 0 Å². The van der Waals surface area contributed by atoms with Crippen molar-refractivity contribution in [3.63, 3.8) is 0 Å². The first-order valence-electron chi connectivity index (χ1n) is 0. The third kappa shape index (κ3) is 9.02. The largest absolute Gasteiger partial charge is 0 e. The molecule has 4 heteroatoms. The summed E-state index contributed by atoms with van der Waals surface area (Å²) >= 11 is 0. The van der Waals surface area contributed by atoms with E-state index in [1.807, 2.05) is 0 Å². The second-order valence-corrected chi connectivity index (χ2v) is 0. The zero-order chi connectivity index (χ0) is 0. The molecule has 0 aliphatic heterocycles. The maximum atomic E-state index is 0. The molecule has 0 bridgehead atoms. The Morgan fingerprint density at radius 1 is 1.00 bits per heavy atom. The third-order valence-corrected chi connectivity index (χ3v) is 0. The van der Waals surface area contributed by atoms with Crippen molar-refractivity contribution in [1.82, 2.24) is 0 Å². The Bertz CT molecular complexity index is 8.00. The van der Waals surface area contributed by atoms with Gasteiger partial charge in [0.25, 0.3) is 0 Å². The van der Waals surface area contributed by atoms with Crippen molar-refractivity contribution < 1.29 is 55.9 Å². The van der Waals surface area contributed by atoms with Crippen LogP contribution in [0.1, 0.15) is 0 Å². The summed E-state index contributed by atoms with van der Waals surface area (Å²) in [4.78, 5) is 0. The monoisotopic (exact) mass is 187 g/mol. The molecule has 0 rings (SSSR count). The van der Waals surface area contributed by atoms with Crippen molar-refractivity contribution >= 4 is 11.0 Å². The summed E-state index contributed by atoms with van der Waals surface area (Å²) in [6.45, 7) is 0. The molecule has 0 heterocycles. The minimum Gasteiger partial charge on any atom is 0 e. The van der Waals surface area contributed by atoms with E-state index in [0.717, 1.165) is 0 Å². The molecule has 0 saturated heterocycles. The van der Waals surface area contributed by atoms with Gasteiger partial charge < -0.3 is 0 Å². The van der Waals surface area contributed by atoms with Crippen LogP contribution in [-0.2, 0) is 55.9 Å². The van der Waals surface area contributed by atoms with Crippen molar-refractivity contribution in [1.29, 1.82) is 0 Å². The number of rotatable bonds is 0. The van der Waals surface area contributed by atoms with E-state index in [1.54, 1.807) is 0 Å². The molecule has 0 saturated carbocycles. The predicted molar refractivity (Wildman–Crippen MR) is 5.75 cm³/mol. The average molecular weight is 187 g/mol. The van der Waals surface area contributed by atoms with Crippen molar-refractivity contribution in [2.24, 2.45) is 0 Å².